The SMILES string of the molecule is COC[C@H](C)NC(=O)C1(Cc2cccc(-c3ccccc3OC)c2)CCOCC1. The van der Waals surface area contributed by atoms with Crippen LogP contribution in [0.25, 0.3) is 11.1 Å². The maximum Gasteiger partial charge on any atom is 0.227 e. The van der Waals surface area contributed by atoms with Crippen LogP contribution >= 0.6 is 0 Å². The van der Waals surface area contributed by atoms with E-state index in [4.69, 9.17) is 14.2 Å². The molecule has 5 heteroatoms. The molecule has 29 heavy (non-hydrogen) atoms. The number of amides is 1. The Hall–Kier alpha value is -2.37. The van der Waals surface area contributed by atoms with Crippen molar-refractivity contribution in [3.8, 4) is 16.9 Å². The molecule has 2 aromatic carbocycles. The fraction of sp³-hybridized carbons (Fsp3) is 0.458. The number of ether oxygens (including phenoxy) is 3. The molecular weight excluding hydrogens is 366 g/mol. The van der Waals surface area contributed by atoms with Crippen molar-refractivity contribution in [1.82, 2.24) is 5.32 Å². The molecule has 1 aliphatic heterocycles. The van der Waals surface area contributed by atoms with Gasteiger partial charge in [-0.15, -0.1) is 0 Å². The fourth-order valence-electron chi connectivity index (χ4n) is 4.04. The summed E-state index contributed by atoms with van der Waals surface area (Å²) in [4.78, 5) is 13.2. The topological polar surface area (TPSA) is 56.8 Å². The van der Waals surface area contributed by atoms with Crippen molar-refractivity contribution >= 4 is 5.91 Å². The van der Waals surface area contributed by atoms with Crippen LogP contribution in [0.4, 0.5) is 0 Å². The van der Waals surface area contributed by atoms with E-state index in [0.717, 1.165) is 35.3 Å². The molecule has 1 saturated heterocycles. The van der Waals surface area contributed by atoms with Crippen LogP contribution < -0.4 is 10.1 Å². The van der Waals surface area contributed by atoms with E-state index in [-0.39, 0.29) is 11.9 Å². The van der Waals surface area contributed by atoms with Crippen LogP contribution in [0, 0.1) is 5.41 Å². The molecule has 0 aromatic heterocycles. The van der Waals surface area contributed by atoms with Crippen LogP contribution in [0.15, 0.2) is 48.5 Å². The number of carbonyl (C=O) groups excluding carboxylic acids is 1. The lowest BCUT2D eigenvalue weighted by atomic mass is 9.74. The highest BCUT2D eigenvalue weighted by Gasteiger charge is 2.40. The standard InChI is InChI=1S/C24H31NO4/c1-18(17-27-2)25-23(26)24(11-13-29-14-12-24)16-19-7-6-8-20(15-19)21-9-4-5-10-22(21)28-3/h4-10,15,18H,11-14,16-17H2,1-3H3,(H,25,26)/t18-/m0/s1. The van der Waals surface area contributed by atoms with Crippen LogP contribution in [-0.2, 0) is 20.7 Å². The molecule has 3 rings (SSSR count). The molecule has 1 heterocycles. The zero-order valence-corrected chi connectivity index (χ0v) is 17.6. The second kappa shape index (κ2) is 9.90. The van der Waals surface area contributed by atoms with Crippen LogP contribution in [0.5, 0.6) is 5.75 Å². The predicted octanol–water partition coefficient (Wildman–Crippen LogP) is 3.85. The van der Waals surface area contributed by atoms with Gasteiger partial charge in [0, 0.05) is 31.9 Å². The van der Waals surface area contributed by atoms with Gasteiger partial charge in [-0.05, 0) is 43.4 Å². The van der Waals surface area contributed by atoms with E-state index >= 15 is 0 Å². The van der Waals surface area contributed by atoms with Crippen molar-refractivity contribution in [2.24, 2.45) is 5.41 Å². The summed E-state index contributed by atoms with van der Waals surface area (Å²) in [5.74, 6) is 0.935. The molecule has 0 aliphatic carbocycles. The monoisotopic (exact) mass is 397 g/mol. The number of para-hydroxylation sites is 1. The summed E-state index contributed by atoms with van der Waals surface area (Å²) < 4.78 is 16.3. The van der Waals surface area contributed by atoms with Gasteiger partial charge in [0.2, 0.25) is 5.91 Å². The normalized spacial score (nSPS) is 16.8. The molecule has 2 aromatic rings. The van der Waals surface area contributed by atoms with Crippen LogP contribution in [0.1, 0.15) is 25.3 Å². The Bertz CT molecular complexity index is 814. The molecule has 1 fully saturated rings. The van der Waals surface area contributed by atoms with Crippen molar-refractivity contribution in [1.29, 1.82) is 0 Å². The lowest BCUT2D eigenvalue weighted by Crippen LogP contribution is -2.49. The Balaban J connectivity index is 1.86. The maximum absolute atomic E-state index is 13.2. The molecule has 0 unspecified atom stereocenters. The Labute approximate surface area is 173 Å². The van der Waals surface area contributed by atoms with E-state index in [1.807, 2.05) is 25.1 Å². The van der Waals surface area contributed by atoms with Crippen molar-refractivity contribution < 1.29 is 19.0 Å². The molecule has 5 nitrogen and oxygen atoms in total. The van der Waals surface area contributed by atoms with E-state index in [1.165, 1.54) is 0 Å². The first-order valence-corrected chi connectivity index (χ1v) is 10.2. The second-order valence-electron chi connectivity index (χ2n) is 7.80. The molecule has 156 valence electrons. The number of rotatable bonds is 8. The maximum atomic E-state index is 13.2. The number of hydrogen-bond donors (Lipinski definition) is 1. The Kier molecular flexibility index (Phi) is 7.29. The summed E-state index contributed by atoms with van der Waals surface area (Å²) >= 11 is 0. The Morgan fingerprint density at radius 3 is 2.62 bits per heavy atom. The van der Waals surface area contributed by atoms with Crippen molar-refractivity contribution in [2.45, 2.75) is 32.2 Å². The zero-order valence-electron chi connectivity index (χ0n) is 17.6. The average molecular weight is 398 g/mol. The largest absolute Gasteiger partial charge is 0.496 e. The van der Waals surface area contributed by atoms with E-state index in [2.05, 4.69) is 35.6 Å². The van der Waals surface area contributed by atoms with E-state index < -0.39 is 5.41 Å². The van der Waals surface area contributed by atoms with E-state index in [0.29, 0.717) is 26.2 Å². The van der Waals surface area contributed by atoms with Gasteiger partial charge in [-0.3, -0.25) is 4.79 Å². The van der Waals surface area contributed by atoms with Gasteiger partial charge in [-0.25, -0.2) is 0 Å². The molecule has 0 radical (unpaired) electrons. The number of hydrogen-bond acceptors (Lipinski definition) is 4. The highest BCUT2D eigenvalue weighted by atomic mass is 16.5. The zero-order chi connectivity index (χ0) is 20.7. The number of methoxy groups -OCH3 is 2. The first kappa shape index (κ1) is 21.3. The molecule has 1 amide bonds. The highest BCUT2D eigenvalue weighted by molar-refractivity contribution is 5.83. The van der Waals surface area contributed by atoms with Crippen molar-refractivity contribution in [2.75, 3.05) is 34.0 Å². The highest BCUT2D eigenvalue weighted by Crippen LogP contribution is 2.37. The predicted molar refractivity (Wildman–Crippen MR) is 114 cm³/mol. The van der Waals surface area contributed by atoms with Crippen molar-refractivity contribution in [3.05, 3.63) is 54.1 Å². The van der Waals surface area contributed by atoms with Gasteiger partial charge < -0.3 is 19.5 Å². The third kappa shape index (κ3) is 5.17. The molecule has 0 saturated carbocycles. The minimum atomic E-state index is -0.459. The first-order valence-electron chi connectivity index (χ1n) is 10.2. The molecule has 0 spiro atoms. The summed E-state index contributed by atoms with van der Waals surface area (Å²) in [6.45, 7) is 3.69. The minimum Gasteiger partial charge on any atom is -0.496 e. The van der Waals surface area contributed by atoms with Crippen LogP contribution in [0.3, 0.4) is 0 Å². The third-order valence-corrected chi connectivity index (χ3v) is 5.61. The Morgan fingerprint density at radius 2 is 1.90 bits per heavy atom. The van der Waals surface area contributed by atoms with E-state index in [1.54, 1.807) is 14.2 Å². The molecule has 1 N–H and O–H groups in total. The molecule has 1 aliphatic rings. The van der Waals surface area contributed by atoms with Gasteiger partial charge in [-0.2, -0.15) is 0 Å². The first-order chi connectivity index (χ1) is 14.1. The number of nitrogens with one attached hydrogen (secondary N) is 1. The fourth-order valence-corrected chi connectivity index (χ4v) is 4.04. The summed E-state index contributed by atoms with van der Waals surface area (Å²) in [7, 11) is 3.33. The summed E-state index contributed by atoms with van der Waals surface area (Å²) in [6, 6.07) is 16.4. The van der Waals surface area contributed by atoms with Gasteiger partial charge in [0.15, 0.2) is 0 Å². The van der Waals surface area contributed by atoms with Gasteiger partial charge in [0.05, 0.1) is 19.1 Å². The molecule has 0 bridgehead atoms. The molecule has 1 atom stereocenters. The summed E-state index contributed by atoms with van der Waals surface area (Å²) in [5.41, 5.74) is 2.83. The van der Waals surface area contributed by atoms with Gasteiger partial charge >= 0.3 is 0 Å². The smallest absolute Gasteiger partial charge is 0.227 e. The molecular formula is C24H31NO4. The quantitative estimate of drug-likeness (QED) is 0.735. The lowest BCUT2D eigenvalue weighted by Gasteiger charge is -2.37. The minimum absolute atomic E-state index is 0.0212. The van der Waals surface area contributed by atoms with Gasteiger partial charge in [0.1, 0.15) is 5.75 Å². The summed E-state index contributed by atoms with van der Waals surface area (Å²) in [5, 5.41) is 3.14. The third-order valence-electron chi connectivity index (χ3n) is 5.61. The average Bonchev–Trinajstić information content (AvgIpc) is 2.74. The second-order valence-corrected chi connectivity index (χ2v) is 7.80. The summed E-state index contributed by atoms with van der Waals surface area (Å²) in [6.07, 6.45) is 2.12. The van der Waals surface area contributed by atoms with Crippen LogP contribution in [0.2, 0.25) is 0 Å². The number of carbonyl (C=O) groups is 1. The Morgan fingerprint density at radius 1 is 1.14 bits per heavy atom. The lowest BCUT2D eigenvalue weighted by molar-refractivity contribution is -0.137. The number of benzene rings is 2. The van der Waals surface area contributed by atoms with Gasteiger partial charge in [0.25, 0.3) is 0 Å². The van der Waals surface area contributed by atoms with E-state index in [9.17, 15) is 4.79 Å². The van der Waals surface area contributed by atoms with Gasteiger partial charge in [-0.1, -0.05) is 42.5 Å². The van der Waals surface area contributed by atoms with Crippen molar-refractivity contribution in [3.63, 3.8) is 0 Å². The van der Waals surface area contributed by atoms with Crippen LogP contribution in [-0.4, -0.2) is 46.0 Å².